The Balaban J connectivity index is 1.99. The predicted molar refractivity (Wildman–Crippen MR) is 71.7 cm³/mol. The number of fused-ring (bicyclic) bond motifs is 1. The van der Waals surface area contributed by atoms with E-state index in [0.29, 0.717) is 12.5 Å². The minimum Gasteiger partial charge on any atom is -0.352 e. The average Bonchev–Trinajstić information content (AvgIpc) is 2.89. The van der Waals surface area contributed by atoms with Crippen LogP contribution in [0.3, 0.4) is 0 Å². The third-order valence-corrected chi connectivity index (χ3v) is 4.57. The summed E-state index contributed by atoms with van der Waals surface area (Å²) in [5.74, 6) is 0.739. The summed E-state index contributed by atoms with van der Waals surface area (Å²) in [4.78, 5) is 5.69. The highest BCUT2D eigenvalue weighted by Gasteiger charge is 2.39. The predicted octanol–water partition coefficient (Wildman–Crippen LogP) is 3.74. The van der Waals surface area contributed by atoms with E-state index in [2.05, 4.69) is 4.98 Å². The van der Waals surface area contributed by atoms with Gasteiger partial charge in [0.1, 0.15) is 17.6 Å². The molecule has 1 saturated heterocycles. The van der Waals surface area contributed by atoms with Crippen molar-refractivity contribution in [2.45, 2.75) is 44.3 Å². The molecular weight excluding hydrogens is 279 g/mol. The molecule has 21 heavy (non-hydrogen) atoms. The number of halogens is 3. The van der Waals surface area contributed by atoms with E-state index in [-0.39, 0.29) is 17.4 Å². The third-order valence-electron chi connectivity index (χ3n) is 4.57. The molecule has 1 aromatic heterocycles. The minimum atomic E-state index is -4.48. The van der Waals surface area contributed by atoms with Crippen LogP contribution in [-0.2, 0) is 6.18 Å². The molecule has 0 spiro atoms. The van der Waals surface area contributed by atoms with Crippen LogP contribution in [-0.4, -0.2) is 17.6 Å². The Morgan fingerprint density at radius 3 is 2.67 bits per heavy atom. The van der Waals surface area contributed by atoms with Crippen molar-refractivity contribution in [1.29, 1.82) is 5.26 Å². The van der Waals surface area contributed by atoms with E-state index in [0.717, 1.165) is 31.7 Å². The molecule has 2 heterocycles. The molecule has 0 bridgehead atoms. The molecule has 2 fully saturated rings. The molecule has 0 N–H and O–H groups in total. The maximum atomic E-state index is 12.9. The number of alkyl halides is 3. The summed E-state index contributed by atoms with van der Waals surface area (Å²) >= 11 is 0. The number of hydrogen-bond donors (Lipinski definition) is 0. The fourth-order valence-electron chi connectivity index (χ4n) is 3.58. The summed E-state index contributed by atoms with van der Waals surface area (Å²) in [6, 6.07) is 4.34. The number of anilines is 1. The van der Waals surface area contributed by atoms with Crippen molar-refractivity contribution in [2.75, 3.05) is 11.4 Å². The minimum absolute atomic E-state index is 0.210. The van der Waals surface area contributed by atoms with E-state index in [1.165, 1.54) is 12.5 Å². The average molecular weight is 295 g/mol. The van der Waals surface area contributed by atoms with Gasteiger partial charge in [0.2, 0.25) is 0 Å². The van der Waals surface area contributed by atoms with Gasteiger partial charge in [-0.1, -0.05) is 12.8 Å². The van der Waals surface area contributed by atoms with E-state index in [1.807, 2.05) is 11.0 Å². The highest BCUT2D eigenvalue weighted by Crippen LogP contribution is 2.40. The quantitative estimate of drug-likeness (QED) is 0.792. The molecule has 1 saturated carbocycles. The van der Waals surface area contributed by atoms with Gasteiger partial charge < -0.3 is 4.90 Å². The lowest BCUT2D eigenvalue weighted by molar-refractivity contribution is -0.141. The van der Waals surface area contributed by atoms with Crippen LogP contribution < -0.4 is 4.90 Å². The Kier molecular flexibility index (Phi) is 3.52. The summed E-state index contributed by atoms with van der Waals surface area (Å²) < 4.78 is 38.6. The second-order valence-electron chi connectivity index (χ2n) is 5.77. The molecule has 1 aliphatic carbocycles. The standard InChI is InChI=1S/C15H16F3N3/c16-15(17,18)13-6-5-11(9-19)14(20-13)21-8-7-10-3-1-2-4-12(10)21/h5-6,10,12H,1-4,7-8H2. The molecule has 2 atom stereocenters. The van der Waals surface area contributed by atoms with Gasteiger partial charge in [-0.3, -0.25) is 0 Å². The van der Waals surface area contributed by atoms with Gasteiger partial charge in [0, 0.05) is 12.6 Å². The van der Waals surface area contributed by atoms with Crippen molar-refractivity contribution in [1.82, 2.24) is 4.98 Å². The van der Waals surface area contributed by atoms with Crippen LogP contribution in [0.2, 0.25) is 0 Å². The van der Waals surface area contributed by atoms with Gasteiger partial charge in [-0.05, 0) is 37.3 Å². The van der Waals surface area contributed by atoms with Crippen LogP contribution in [0.25, 0.3) is 0 Å². The summed E-state index contributed by atoms with van der Waals surface area (Å²) in [7, 11) is 0. The number of aromatic nitrogens is 1. The van der Waals surface area contributed by atoms with E-state index in [4.69, 9.17) is 0 Å². The topological polar surface area (TPSA) is 39.9 Å². The van der Waals surface area contributed by atoms with Crippen LogP contribution in [0.1, 0.15) is 43.4 Å². The van der Waals surface area contributed by atoms with Crippen LogP contribution >= 0.6 is 0 Å². The number of rotatable bonds is 1. The van der Waals surface area contributed by atoms with Gasteiger partial charge in [-0.15, -0.1) is 0 Å². The number of hydrogen-bond acceptors (Lipinski definition) is 3. The van der Waals surface area contributed by atoms with Crippen molar-refractivity contribution in [3.8, 4) is 6.07 Å². The fraction of sp³-hybridized carbons (Fsp3) is 0.600. The van der Waals surface area contributed by atoms with E-state index in [9.17, 15) is 18.4 Å². The van der Waals surface area contributed by atoms with Crippen molar-refractivity contribution >= 4 is 5.82 Å². The first-order valence-corrected chi connectivity index (χ1v) is 7.25. The largest absolute Gasteiger partial charge is 0.433 e. The Labute approximate surface area is 121 Å². The zero-order valence-corrected chi connectivity index (χ0v) is 11.5. The lowest BCUT2D eigenvalue weighted by Crippen LogP contribution is -2.36. The Morgan fingerprint density at radius 1 is 1.19 bits per heavy atom. The van der Waals surface area contributed by atoms with Gasteiger partial charge in [-0.2, -0.15) is 18.4 Å². The highest BCUT2D eigenvalue weighted by atomic mass is 19.4. The van der Waals surface area contributed by atoms with Gasteiger partial charge >= 0.3 is 6.18 Å². The molecular formula is C15H16F3N3. The van der Waals surface area contributed by atoms with E-state index in [1.54, 1.807) is 0 Å². The third kappa shape index (κ3) is 2.57. The number of pyridine rings is 1. The first-order chi connectivity index (χ1) is 10.0. The molecule has 0 radical (unpaired) electrons. The normalized spacial score (nSPS) is 25.5. The van der Waals surface area contributed by atoms with Crippen molar-refractivity contribution in [2.24, 2.45) is 5.92 Å². The van der Waals surface area contributed by atoms with E-state index >= 15 is 0 Å². The summed E-state index contributed by atoms with van der Waals surface area (Å²) in [6.07, 6.45) is 0.895. The molecule has 0 aromatic carbocycles. The molecule has 112 valence electrons. The van der Waals surface area contributed by atoms with Gasteiger partial charge in [0.15, 0.2) is 0 Å². The highest BCUT2D eigenvalue weighted by molar-refractivity contribution is 5.56. The van der Waals surface area contributed by atoms with Crippen LogP contribution in [0.4, 0.5) is 19.0 Å². The molecule has 2 aliphatic rings. The first kappa shape index (κ1) is 14.2. The van der Waals surface area contributed by atoms with Crippen molar-refractivity contribution in [3.63, 3.8) is 0 Å². The molecule has 1 aliphatic heterocycles. The van der Waals surface area contributed by atoms with Gasteiger partial charge in [0.05, 0.1) is 5.56 Å². The monoisotopic (exact) mass is 295 g/mol. The maximum Gasteiger partial charge on any atom is 0.433 e. The lowest BCUT2D eigenvalue weighted by atomic mass is 9.85. The molecule has 2 unspecified atom stereocenters. The molecule has 3 rings (SSSR count). The molecule has 3 nitrogen and oxygen atoms in total. The zero-order chi connectivity index (χ0) is 15.0. The fourth-order valence-corrected chi connectivity index (χ4v) is 3.58. The van der Waals surface area contributed by atoms with Crippen LogP contribution in [0.5, 0.6) is 0 Å². The summed E-state index contributed by atoms with van der Waals surface area (Å²) in [5, 5.41) is 9.17. The second kappa shape index (κ2) is 5.21. The second-order valence-corrected chi connectivity index (χ2v) is 5.77. The number of nitriles is 1. The maximum absolute atomic E-state index is 12.9. The van der Waals surface area contributed by atoms with Crippen LogP contribution in [0.15, 0.2) is 12.1 Å². The van der Waals surface area contributed by atoms with Gasteiger partial charge in [0.25, 0.3) is 0 Å². The Morgan fingerprint density at radius 2 is 1.95 bits per heavy atom. The Hall–Kier alpha value is -1.77. The van der Waals surface area contributed by atoms with E-state index < -0.39 is 11.9 Å². The van der Waals surface area contributed by atoms with Crippen molar-refractivity contribution < 1.29 is 13.2 Å². The summed E-state index contributed by atoms with van der Waals surface area (Å²) in [6.45, 7) is 0.693. The SMILES string of the molecule is N#Cc1ccc(C(F)(F)F)nc1N1CCC2CCCCC21. The van der Waals surface area contributed by atoms with Crippen molar-refractivity contribution in [3.05, 3.63) is 23.4 Å². The molecule has 0 amide bonds. The smallest absolute Gasteiger partial charge is 0.352 e. The lowest BCUT2D eigenvalue weighted by Gasteiger charge is -2.33. The number of nitrogens with zero attached hydrogens (tertiary/aromatic N) is 3. The van der Waals surface area contributed by atoms with Crippen LogP contribution in [0, 0.1) is 17.2 Å². The Bertz CT molecular complexity index is 577. The zero-order valence-electron chi connectivity index (χ0n) is 11.5. The van der Waals surface area contributed by atoms with Gasteiger partial charge in [-0.25, -0.2) is 4.98 Å². The summed E-state index contributed by atoms with van der Waals surface area (Å²) in [5.41, 5.74) is -0.690. The molecule has 1 aromatic rings. The first-order valence-electron chi connectivity index (χ1n) is 7.25. The molecule has 6 heteroatoms.